The van der Waals surface area contributed by atoms with E-state index < -0.39 is 0 Å². The lowest BCUT2D eigenvalue weighted by atomic mass is 10.1. The molecule has 0 spiro atoms. The van der Waals surface area contributed by atoms with E-state index in [2.05, 4.69) is 29.5 Å². The van der Waals surface area contributed by atoms with Crippen molar-refractivity contribution in [1.29, 1.82) is 0 Å². The van der Waals surface area contributed by atoms with Crippen molar-refractivity contribution >= 4 is 10.9 Å². The highest BCUT2D eigenvalue weighted by molar-refractivity contribution is 5.84. The fraction of sp³-hybridized carbons (Fsp3) is 0.500. The molecular weight excluding hydrogens is 255 g/mol. The first-order chi connectivity index (χ1) is 9.66. The maximum atomic E-state index is 14.2. The van der Waals surface area contributed by atoms with Crippen molar-refractivity contribution in [1.82, 2.24) is 9.47 Å². The molecule has 0 unspecified atom stereocenters. The Bertz CT molecular complexity index is 600. The number of rotatable bonds is 3. The number of aromatic nitrogens is 1. The second-order valence-electron chi connectivity index (χ2n) is 5.68. The standard InChI is InChI=1S/C16H21FN2O/c1-12(2)19-11-13(10-18-6-8-20-9-7-18)16-14(17)4-3-5-15(16)19/h3-5,11-12H,6-10H2,1-2H3. The smallest absolute Gasteiger partial charge is 0.132 e. The summed E-state index contributed by atoms with van der Waals surface area (Å²) in [4.78, 5) is 2.33. The minimum atomic E-state index is -0.120. The summed E-state index contributed by atoms with van der Waals surface area (Å²) < 4.78 is 21.8. The van der Waals surface area contributed by atoms with Crippen molar-refractivity contribution in [2.45, 2.75) is 26.4 Å². The molecule has 108 valence electrons. The van der Waals surface area contributed by atoms with Crippen LogP contribution in [0.1, 0.15) is 25.5 Å². The van der Waals surface area contributed by atoms with Crippen molar-refractivity contribution in [2.75, 3.05) is 26.3 Å². The van der Waals surface area contributed by atoms with Gasteiger partial charge in [-0.1, -0.05) is 6.07 Å². The molecule has 1 aromatic heterocycles. The maximum Gasteiger partial charge on any atom is 0.132 e. The van der Waals surface area contributed by atoms with Crippen LogP contribution in [0.4, 0.5) is 4.39 Å². The van der Waals surface area contributed by atoms with Crippen molar-refractivity contribution in [3.63, 3.8) is 0 Å². The van der Waals surface area contributed by atoms with Crippen LogP contribution in [-0.4, -0.2) is 35.8 Å². The van der Waals surface area contributed by atoms with E-state index in [4.69, 9.17) is 4.74 Å². The minimum absolute atomic E-state index is 0.120. The number of hydrogen-bond donors (Lipinski definition) is 0. The molecule has 2 aromatic rings. The van der Waals surface area contributed by atoms with Crippen molar-refractivity contribution in [3.05, 3.63) is 35.8 Å². The summed E-state index contributed by atoms with van der Waals surface area (Å²) in [6, 6.07) is 5.67. The van der Waals surface area contributed by atoms with Gasteiger partial charge in [-0.25, -0.2) is 4.39 Å². The third kappa shape index (κ3) is 2.45. The number of nitrogens with zero attached hydrogens (tertiary/aromatic N) is 2. The fourth-order valence-corrected chi connectivity index (χ4v) is 2.90. The summed E-state index contributed by atoms with van der Waals surface area (Å²) in [5.41, 5.74) is 2.07. The van der Waals surface area contributed by atoms with Gasteiger partial charge in [-0.3, -0.25) is 4.90 Å². The zero-order valence-corrected chi connectivity index (χ0v) is 12.1. The second-order valence-corrected chi connectivity index (χ2v) is 5.68. The van der Waals surface area contributed by atoms with Crippen LogP contribution >= 0.6 is 0 Å². The Kier molecular flexibility index (Phi) is 3.76. The van der Waals surface area contributed by atoms with Crippen LogP contribution < -0.4 is 0 Å². The Balaban J connectivity index is 2.01. The molecule has 0 amide bonds. The summed E-state index contributed by atoms with van der Waals surface area (Å²) in [5, 5.41) is 0.771. The summed E-state index contributed by atoms with van der Waals surface area (Å²) in [6.45, 7) is 8.43. The van der Waals surface area contributed by atoms with Gasteiger partial charge in [0.1, 0.15) is 5.82 Å². The lowest BCUT2D eigenvalue weighted by molar-refractivity contribution is 0.0343. The van der Waals surface area contributed by atoms with Gasteiger partial charge in [0.15, 0.2) is 0 Å². The van der Waals surface area contributed by atoms with E-state index in [0.717, 1.165) is 49.3 Å². The molecule has 0 N–H and O–H groups in total. The van der Waals surface area contributed by atoms with E-state index >= 15 is 0 Å². The van der Waals surface area contributed by atoms with Gasteiger partial charge in [0.05, 0.1) is 18.7 Å². The van der Waals surface area contributed by atoms with Crippen LogP contribution in [0, 0.1) is 5.82 Å². The Morgan fingerprint density at radius 2 is 2.00 bits per heavy atom. The van der Waals surface area contributed by atoms with Crippen LogP contribution in [0.3, 0.4) is 0 Å². The highest BCUT2D eigenvalue weighted by Crippen LogP contribution is 2.28. The molecule has 0 bridgehead atoms. The SMILES string of the molecule is CC(C)n1cc(CN2CCOCC2)c2c(F)cccc21. The van der Waals surface area contributed by atoms with Gasteiger partial charge in [-0.2, -0.15) is 0 Å². The normalized spacial score (nSPS) is 17.2. The molecular formula is C16H21FN2O. The van der Waals surface area contributed by atoms with Gasteiger partial charge in [0.2, 0.25) is 0 Å². The molecule has 0 radical (unpaired) electrons. The molecule has 1 saturated heterocycles. The van der Waals surface area contributed by atoms with E-state index in [1.54, 1.807) is 12.1 Å². The lowest BCUT2D eigenvalue weighted by Gasteiger charge is -2.26. The molecule has 1 aliphatic heterocycles. The third-order valence-electron chi connectivity index (χ3n) is 3.94. The average Bonchev–Trinajstić information content (AvgIpc) is 2.80. The Hall–Kier alpha value is -1.39. The lowest BCUT2D eigenvalue weighted by Crippen LogP contribution is -2.35. The average molecular weight is 276 g/mol. The summed E-state index contributed by atoms with van der Waals surface area (Å²) >= 11 is 0. The quantitative estimate of drug-likeness (QED) is 0.856. The molecule has 3 rings (SSSR count). The Morgan fingerprint density at radius 3 is 2.70 bits per heavy atom. The first-order valence-corrected chi connectivity index (χ1v) is 7.25. The van der Waals surface area contributed by atoms with Gasteiger partial charge in [0, 0.05) is 37.3 Å². The number of ether oxygens (including phenoxy) is 1. The van der Waals surface area contributed by atoms with Gasteiger partial charge in [0.25, 0.3) is 0 Å². The summed E-state index contributed by atoms with van der Waals surface area (Å²) in [7, 11) is 0. The minimum Gasteiger partial charge on any atom is -0.379 e. The molecule has 0 saturated carbocycles. The summed E-state index contributed by atoms with van der Waals surface area (Å²) in [6.07, 6.45) is 2.11. The van der Waals surface area contributed by atoms with E-state index in [0.29, 0.717) is 6.04 Å². The van der Waals surface area contributed by atoms with E-state index in [-0.39, 0.29) is 5.82 Å². The van der Waals surface area contributed by atoms with E-state index in [1.807, 2.05) is 6.07 Å². The van der Waals surface area contributed by atoms with E-state index in [1.165, 1.54) is 0 Å². The molecule has 1 aliphatic rings. The molecule has 0 atom stereocenters. The zero-order chi connectivity index (χ0) is 14.1. The number of fused-ring (bicyclic) bond motifs is 1. The summed E-state index contributed by atoms with van der Waals surface area (Å²) in [5.74, 6) is -0.120. The van der Waals surface area contributed by atoms with Crippen molar-refractivity contribution in [3.8, 4) is 0 Å². The highest BCUT2D eigenvalue weighted by atomic mass is 19.1. The second kappa shape index (κ2) is 5.54. The molecule has 1 aromatic carbocycles. The highest BCUT2D eigenvalue weighted by Gasteiger charge is 2.17. The first-order valence-electron chi connectivity index (χ1n) is 7.25. The van der Waals surface area contributed by atoms with Gasteiger partial charge in [-0.05, 0) is 31.5 Å². The molecule has 20 heavy (non-hydrogen) atoms. The van der Waals surface area contributed by atoms with Crippen molar-refractivity contribution in [2.24, 2.45) is 0 Å². The zero-order valence-electron chi connectivity index (χ0n) is 12.1. The predicted molar refractivity (Wildman–Crippen MR) is 78.4 cm³/mol. The van der Waals surface area contributed by atoms with Crippen LogP contribution in [0.15, 0.2) is 24.4 Å². The third-order valence-corrected chi connectivity index (χ3v) is 3.94. The molecule has 1 fully saturated rings. The Labute approximate surface area is 118 Å². The number of benzene rings is 1. The monoisotopic (exact) mass is 276 g/mol. The molecule has 2 heterocycles. The number of hydrogen-bond acceptors (Lipinski definition) is 2. The van der Waals surface area contributed by atoms with E-state index in [9.17, 15) is 4.39 Å². The van der Waals surface area contributed by atoms with Gasteiger partial charge >= 0.3 is 0 Å². The topological polar surface area (TPSA) is 17.4 Å². The van der Waals surface area contributed by atoms with Crippen LogP contribution in [0.2, 0.25) is 0 Å². The Morgan fingerprint density at radius 1 is 1.25 bits per heavy atom. The number of halogens is 1. The fourth-order valence-electron chi connectivity index (χ4n) is 2.90. The van der Waals surface area contributed by atoms with Gasteiger partial charge < -0.3 is 9.30 Å². The molecule has 4 heteroatoms. The van der Waals surface area contributed by atoms with Crippen LogP contribution in [0.5, 0.6) is 0 Å². The van der Waals surface area contributed by atoms with Crippen LogP contribution in [-0.2, 0) is 11.3 Å². The maximum absolute atomic E-state index is 14.2. The predicted octanol–water partition coefficient (Wildman–Crippen LogP) is 3.19. The largest absolute Gasteiger partial charge is 0.379 e. The van der Waals surface area contributed by atoms with Gasteiger partial charge in [-0.15, -0.1) is 0 Å². The molecule has 0 aliphatic carbocycles. The number of morpholine rings is 1. The van der Waals surface area contributed by atoms with Crippen LogP contribution in [0.25, 0.3) is 10.9 Å². The van der Waals surface area contributed by atoms with Crippen molar-refractivity contribution < 1.29 is 9.13 Å². The first kappa shape index (κ1) is 13.6. The molecule has 3 nitrogen and oxygen atoms in total.